The minimum atomic E-state index is -0.0947. The van der Waals surface area contributed by atoms with Gasteiger partial charge in [0, 0.05) is 33.2 Å². The van der Waals surface area contributed by atoms with Crippen molar-refractivity contribution in [3.63, 3.8) is 0 Å². The fourth-order valence-electron chi connectivity index (χ4n) is 2.67. The van der Waals surface area contributed by atoms with Crippen LogP contribution in [-0.2, 0) is 14.3 Å². The van der Waals surface area contributed by atoms with Crippen LogP contribution in [0.4, 0.5) is 0 Å². The van der Waals surface area contributed by atoms with Gasteiger partial charge in [-0.15, -0.1) is 0 Å². The molecule has 0 spiro atoms. The van der Waals surface area contributed by atoms with Crippen molar-refractivity contribution in [1.82, 2.24) is 10.2 Å². The highest BCUT2D eigenvalue weighted by atomic mass is 16.5. The molecule has 3 unspecified atom stereocenters. The van der Waals surface area contributed by atoms with Crippen LogP contribution in [0.1, 0.15) is 66.7 Å². The van der Waals surface area contributed by atoms with E-state index in [4.69, 9.17) is 4.74 Å². The van der Waals surface area contributed by atoms with Crippen LogP contribution < -0.4 is 5.32 Å². The molecule has 0 fully saturated rings. The zero-order valence-corrected chi connectivity index (χ0v) is 16.7. The number of carbonyl (C=O) groups excluding carboxylic acids is 2. The van der Waals surface area contributed by atoms with Crippen LogP contribution in [0.3, 0.4) is 0 Å². The number of rotatable bonds is 12. The van der Waals surface area contributed by atoms with Crippen LogP contribution in [0.15, 0.2) is 0 Å². The molecule has 0 saturated carbocycles. The zero-order chi connectivity index (χ0) is 18.7. The van der Waals surface area contributed by atoms with Crippen LogP contribution in [0.25, 0.3) is 0 Å². The fourth-order valence-corrected chi connectivity index (χ4v) is 2.67. The lowest BCUT2D eigenvalue weighted by Gasteiger charge is -2.28. The van der Waals surface area contributed by atoms with Crippen molar-refractivity contribution in [3.8, 4) is 0 Å². The van der Waals surface area contributed by atoms with Gasteiger partial charge in [0.25, 0.3) is 0 Å². The second-order valence-corrected chi connectivity index (χ2v) is 7.05. The van der Waals surface area contributed by atoms with E-state index in [1.807, 2.05) is 25.8 Å². The molecule has 0 heterocycles. The van der Waals surface area contributed by atoms with Gasteiger partial charge in [-0.1, -0.05) is 27.2 Å². The predicted octanol–water partition coefficient (Wildman–Crippen LogP) is 3.23. The average Bonchev–Trinajstić information content (AvgIpc) is 2.56. The highest BCUT2D eigenvalue weighted by molar-refractivity contribution is 5.79. The summed E-state index contributed by atoms with van der Waals surface area (Å²) in [5.74, 6) is 0.645. The number of carbonyl (C=O) groups is 2. The van der Waals surface area contributed by atoms with Gasteiger partial charge in [-0.05, 0) is 39.0 Å². The van der Waals surface area contributed by atoms with Gasteiger partial charge in [0.15, 0.2) is 0 Å². The van der Waals surface area contributed by atoms with Gasteiger partial charge < -0.3 is 15.0 Å². The molecule has 0 radical (unpaired) electrons. The topological polar surface area (TPSA) is 58.6 Å². The van der Waals surface area contributed by atoms with E-state index in [2.05, 4.69) is 26.1 Å². The Morgan fingerprint density at radius 1 is 1.08 bits per heavy atom. The van der Waals surface area contributed by atoms with Gasteiger partial charge in [0.2, 0.25) is 11.8 Å². The van der Waals surface area contributed by atoms with E-state index in [1.54, 1.807) is 7.11 Å². The summed E-state index contributed by atoms with van der Waals surface area (Å²) in [5, 5.41) is 2.98. The van der Waals surface area contributed by atoms with Crippen LogP contribution >= 0.6 is 0 Å². The molecule has 0 saturated heterocycles. The highest BCUT2D eigenvalue weighted by Crippen LogP contribution is 2.12. The van der Waals surface area contributed by atoms with Crippen molar-refractivity contribution < 1.29 is 14.3 Å². The lowest BCUT2D eigenvalue weighted by molar-refractivity contribution is -0.132. The van der Waals surface area contributed by atoms with Crippen molar-refractivity contribution in [2.45, 2.75) is 78.9 Å². The number of methoxy groups -OCH3 is 1. The third kappa shape index (κ3) is 8.13. The second kappa shape index (κ2) is 12.3. The van der Waals surface area contributed by atoms with E-state index < -0.39 is 0 Å². The monoisotopic (exact) mass is 342 g/mol. The molecule has 0 bridgehead atoms. The minimum absolute atomic E-state index is 0.0633. The maximum absolute atomic E-state index is 12.1. The Bertz CT molecular complexity index is 372. The first-order valence-corrected chi connectivity index (χ1v) is 9.32. The zero-order valence-electron chi connectivity index (χ0n) is 16.7. The first-order valence-electron chi connectivity index (χ1n) is 9.32. The molecule has 0 aromatic carbocycles. The quantitative estimate of drug-likeness (QED) is 0.554. The van der Waals surface area contributed by atoms with Crippen molar-refractivity contribution in [2.75, 3.05) is 20.7 Å². The average molecular weight is 343 g/mol. The van der Waals surface area contributed by atoms with Crippen molar-refractivity contribution >= 4 is 11.8 Å². The molecule has 24 heavy (non-hydrogen) atoms. The molecule has 2 amide bonds. The maximum atomic E-state index is 12.1. The molecule has 3 atom stereocenters. The largest absolute Gasteiger partial charge is 0.381 e. The van der Waals surface area contributed by atoms with Gasteiger partial charge in [-0.25, -0.2) is 0 Å². The molecule has 1 N–H and O–H groups in total. The van der Waals surface area contributed by atoms with Gasteiger partial charge in [0.05, 0.1) is 12.0 Å². The summed E-state index contributed by atoms with van der Waals surface area (Å²) in [4.78, 5) is 26.1. The van der Waals surface area contributed by atoms with E-state index in [0.29, 0.717) is 18.9 Å². The summed E-state index contributed by atoms with van der Waals surface area (Å²) < 4.78 is 5.25. The van der Waals surface area contributed by atoms with E-state index in [-0.39, 0.29) is 29.9 Å². The lowest BCUT2D eigenvalue weighted by Crippen LogP contribution is -2.38. The Morgan fingerprint density at radius 2 is 1.71 bits per heavy atom. The SMILES string of the molecule is CCC(C(=O)NCCCCCC(=O)N(C)C(C)C(C)C)C(C)OC. The van der Waals surface area contributed by atoms with E-state index in [0.717, 1.165) is 25.7 Å². The summed E-state index contributed by atoms with van der Waals surface area (Å²) in [6.07, 6.45) is 4.02. The molecular formula is C19H38N2O3. The third-order valence-corrected chi connectivity index (χ3v) is 5.05. The molecular weight excluding hydrogens is 304 g/mol. The standard InChI is InChI=1S/C19H38N2O3/c1-8-17(16(5)24-7)19(23)20-13-11-9-10-12-18(22)21(6)15(4)14(2)3/h14-17H,8-13H2,1-7H3,(H,20,23). The molecule has 0 aromatic rings. The van der Waals surface area contributed by atoms with Gasteiger partial charge in [-0.2, -0.15) is 0 Å². The van der Waals surface area contributed by atoms with E-state index >= 15 is 0 Å². The van der Waals surface area contributed by atoms with E-state index in [9.17, 15) is 9.59 Å². The molecule has 0 aromatic heterocycles. The number of nitrogens with one attached hydrogen (secondary N) is 1. The van der Waals surface area contributed by atoms with Gasteiger partial charge >= 0.3 is 0 Å². The summed E-state index contributed by atoms with van der Waals surface area (Å²) >= 11 is 0. The lowest BCUT2D eigenvalue weighted by atomic mass is 9.99. The number of amides is 2. The normalized spacial score (nSPS) is 15.0. The van der Waals surface area contributed by atoms with Gasteiger partial charge in [0.1, 0.15) is 0 Å². The Hall–Kier alpha value is -1.10. The Morgan fingerprint density at radius 3 is 2.21 bits per heavy atom. The van der Waals surface area contributed by atoms with Crippen LogP contribution in [0.5, 0.6) is 0 Å². The summed E-state index contributed by atoms with van der Waals surface area (Å²) in [5.41, 5.74) is 0. The third-order valence-electron chi connectivity index (χ3n) is 5.05. The van der Waals surface area contributed by atoms with Crippen molar-refractivity contribution in [3.05, 3.63) is 0 Å². The van der Waals surface area contributed by atoms with Crippen molar-refractivity contribution in [1.29, 1.82) is 0 Å². The molecule has 0 aliphatic carbocycles. The maximum Gasteiger partial charge on any atom is 0.225 e. The summed E-state index contributed by atoms with van der Waals surface area (Å²) in [7, 11) is 3.52. The fraction of sp³-hybridized carbons (Fsp3) is 0.895. The predicted molar refractivity (Wildman–Crippen MR) is 98.8 cm³/mol. The summed E-state index contributed by atoms with van der Waals surface area (Å²) in [6.45, 7) is 10.9. The molecule has 0 aliphatic rings. The van der Waals surface area contributed by atoms with Crippen LogP contribution in [-0.4, -0.2) is 49.6 Å². The minimum Gasteiger partial charge on any atom is -0.381 e. The van der Waals surface area contributed by atoms with Crippen LogP contribution in [0.2, 0.25) is 0 Å². The molecule has 5 nitrogen and oxygen atoms in total. The van der Waals surface area contributed by atoms with Gasteiger partial charge in [-0.3, -0.25) is 9.59 Å². The first kappa shape index (κ1) is 22.9. The Labute approximate surface area is 148 Å². The molecule has 0 rings (SSSR count). The number of unbranched alkanes of at least 4 members (excludes halogenated alkanes) is 2. The van der Waals surface area contributed by atoms with Crippen molar-refractivity contribution in [2.24, 2.45) is 11.8 Å². The Balaban J connectivity index is 3.91. The molecule has 0 aliphatic heterocycles. The highest BCUT2D eigenvalue weighted by Gasteiger charge is 2.22. The number of nitrogens with zero attached hydrogens (tertiary/aromatic N) is 1. The number of hydrogen-bond donors (Lipinski definition) is 1. The number of ether oxygens (including phenoxy) is 1. The molecule has 142 valence electrons. The molecule has 5 heteroatoms. The Kier molecular flexibility index (Phi) is 11.7. The smallest absolute Gasteiger partial charge is 0.225 e. The first-order chi connectivity index (χ1) is 11.3. The summed E-state index contributed by atoms with van der Waals surface area (Å²) in [6, 6.07) is 0.269. The van der Waals surface area contributed by atoms with E-state index in [1.165, 1.54) is 0 Å². The second-order valence-electron chi connectivity index (χ2n) is 7.05. The van der Waals surface area contributed by atoms with Crippen LogP contribution in [0, 0.1) is 11.8 Å². The number of hydrogen-bond acceptors (Lipinski definition) is 3.